The summed E-state index contributed by atoms with van der Waals surface area (Å²) in [7, 11) is 0. The molecule has 96 heavy (non-hydrogen) atoms. The number of para-hydroxylation sites is 3. The van der Waals surface area contributed by atoms with Gasteiger partial charge in [0.1, 0.15) is 33.8 Å². The van der Waals surface area contributed by atoms with Gasteiger partial charge in [-0.2, -0.15) is 0 Å². The third-order valence-electron chi connectivity index (χ3n) is 20.7. The van der Waals surface area contributed by atoms with E-state index in [2.05, 4.69) is 339 Å². The molecular weight excluding hydrogens is 1190 g/mol. The Labute approximate surface area is 559 Å². The molecule has 3 aliphatic rings. The number of nitrogens with zero attached hydrogens (tertiary/aromatic N) is 2. The fourth-order valence-electron chi connectivity index (χ4n) is 16.3. The summed E-state index contributed by atoms with van der Waals surface area (Å²) < 4.78 is 20.8. The van der Waals surface area contributed by atoms with E-state index in [0.717, 1.165) is 134 Å². The molecule has 5 nitrogen and oxygen atoms in total. The SMILES string of the molecule is CC1(C)c2cc(N(c3ccc4c(c3)-c3ccccc3C43c4ccccc4Sc4cc(N(c5ccccc5)c5cc(-c6ccccc6)c6c(c5)oc5ccccc56)ccc43)c3cc(-c4ccc5ccccc5c4)c4oc5ccccc5c4c3)ccc2Oc2c1ccc1ccccc21. The first kappa shape index (κ1) is 54.7. The minimum absolute atomic E-state index is 0.413. The quantitative estimate of drug-likeness (QED) is 0.151. The van der Waals surface area contributed by atoms with Gasteiger partial charge in [0.2, 0.25) is 0 Å². The third-order valence-corrected chi connectivity index (χ3v) is 21.8. The number of ether oxygens (including phenoxy) is 1. The Morgan fingerprint density at radius 3 is 1.73 bits per heavy atom. The van der Waals surface area contributed by atoms with Crippen LogP contribution in [0.5, 0.6) is 11.5 Å². The Morgan fingerprint density at radius 1 is 0.302 bits per heavy atom. The molecule has 1 aliphatic carbocycles. The first-order chi connectivity index (χ1) is 47.3. The van der Waals surface area contributed by atoms with Crippen molar-refractivity contribution < 1.29 is 13.6 Å². The van der Waals surface area contributed by atoms with Crippen LogP contribution in [0, 0.1) is 0 Å². The molecular formula is C90H58N2O3S. The van der Waals surface area contributed by atoms with Crippen LogP contribution in [0.1, 0.15) is 47.2 Å². The van der Waals surface area contributed by atoms with E-state index in [9.17, 15) is 0 Å². The largest absolute Gasteiger partial charge is 0.456 e. The number of anilines is 6. The maximum absolute atomic E-state index is 7.07. The summed E-state index contributed by atoms with van der Waals surface area (Å²) in [6, 6.07) is 116. The molecule has 2 aliphatic heterocycles. The highest BCUT2D eigenvalue weighted by atomic mass is 32.2. The molecule has 4 heterocycles. The molecule has 0 radical (unpaired) electrons. The average molecular weight is 1250 g/mol. The van der Waals surface area contributed by atoms with Gasteiger partial charge < -0.3 is 23.4 Å². The van der Waals surface area contributed by atoms with Crippen molar-refractivity contribution in [1.82, 2.24) is 0 Å². The molecule has 0 amide bonds. The van der Waals surface area contributed by atoms with Crippen molar-refractivity contribution in [2.45, 2.75) is 34.5 Å². The molecule has 20 rings (SSSR count). The first-order valence-corrected chi connectivity index (χ1v) is 33.7. The molecule has 0 fully saturated rings. The van der Waals surface area contributed by atoms with Crippen LogP contribution in [0.4, 0.5) is 34.1 Å². The van der Waals surface area contributed by atoms with Crippen molar-refractivity contribution in [2.75, 3.05) is 9.80 Å². The van der Waals surface area contributed by atoms with Gasteiger partial charge >= 0.3 is 0 Å². The van der Waals surface area contributed by atoms with Gasteiger partial charge in [-0.05, 0) is 163 Å². The number of furan rings is 2. The number of rotatable bonds is 8. The van der Waals surface area contributed by atoms with Crippen LogP contribution in [-0.4, -0.2) is 0 Å². The van der Waals surface area contributed by atoms with Crippen LogP contribution in [-0.2, 0) is 10.8 Å². The zero-order valence-corrected chi connectivity index (χ0v) is 53.4. The molecule has 6 heteroatoms. The number of hydrogen-bond acceptors (Lipinski definition) is 6. The summed E-state index contributed by atoms with van der Waals surface area (Å²) in [5.41, 5.74) is 22.6. The lowest BCUT2D eigenvalue weighted by atomic mass is 9.67. The number of benzene rings is 15. The van der Waals surface area contributed by atoms with Gasteiger partial charge in [0.05, 0.1) is 11.1 Å². The second-order valence-corrected chi connectivity index (χ2v) is 27.3. The second-order valence-electron chi connectivity index (χ2n) is 26.2. The number of fused-ring (bicyclic) bond motifs is 20. The van der Waals surface area contributed by atoms with Crippen LogP contribution < -0.4 is 14.5 Å². The van der Waals surface area contributed by atoms with E-state index in [1.165, 1.54) is 53.9 Å². The van der Waals surface area contributed by atoms with Crippen molar-refractivity contribution in [3.05, 3.63) is 349 Å². The zero-order chi connectivity index (χ0) is 63.4. The summed E-state index contributed by atoms with van der Waals surface area (Å²) in [4.78, 5) is 7.30. The Balaban J connectivity index is 0.797. The lowest BCUT2D eigenvalue weighted by Gasteiger charge is -2.40. The van der Waals surface area contributed by atoms with E-state index in [-0.39, 0.29) is 0 Å². The smallest absolute Gasteiger partial charge is 0.143 e. The van der Waals surface area contributed by atoms with Crippen molar-refractivity contribution in [3.8, 4) is 44.9 Å². The predicted molar refractivity (Wildman–Crippen MR) is 396 cm³/mol. The second kappa shape index (κ2) is 20.8. The van der Waals surface area contributed by atoms with Gasteiger partial charge in [0.15, 0.2) is 0 Å². The van der Waals surface area contributed by atoms with Gasteiger partial charge in [-0.15, -0.1) is 0 Å². The topological polar surface area (TPSA) is 42.0 Å². The van der Waals surface area contributed by atoms with Gasteiger partial charge in [-0.1, -0.05) is 238 Å². The fourth-order valence-corrected chi connectivity index (χ4v) is 17.5. The molecule has 2 aromatic heterocycles. The van der Waals surface area contributed by atoms with E-state index in [1.807, 2.05) is 11.8 Å². The van der Waals surface area contributed by atoms with Gasteiger partial charge in [0, 0.05) is 93.3 Å². The lowest BCUT2D eigenvalue weighted by Crippen LogP contribution is -2.32. The van der Waals surface area contributed by atoms with Crippen molar-refractivity contribution in [3.63, 3.8) is 0 Å². The molecule has 1 unspecified atom stereocenters. The Kier molecular flexibility index (Phi) is 11.9. The highest BCUT2D eigenvalue weighted by molar-refractivity contribution is 7.99. The van der Waals surface area contributed by atoms with Gasteiger partial charge in [0.25, 0.3) is 0 Å². The Morgan fingerprint density at radius 2 is 0.885 bits per heavy atom. The maximum Gasteiger partial charge on any atom is 0.143 e. The maximum atomic E-state index is 7.07. The van der Waals surface area contributed by atoms with E-state index in [0.29, 0.717) is 0 Å². The molecule has 17 aromatic rings. The molecule has 0 saturated carbocycles. The standard InChI is InChI=1S/C90H58N2O3S/c1-89(2)78-43-39-57-24-11-12-28-66(57)88(78)95-82-46-42-62(52-79(82)89)92(64-50-71(59-38-37-55-21-9-10-25-58(55)47-59)87-73(51-64)68-30-14-18-34-80(68)94-87)61-40-44-75-72(48-61)67-29-13-16-32-74(67)90(75)76-33-17-20-36-84(76)96-85-54-63(41-45-77(85)90)91(60-26-7-4-8-27-60)65-49-70(56-22-5-3-6-23-56)86-69-31-15-19-35-81(69)93-83(86)53-65/h3-54H,1-2H3. The van der Waals surface area contributed by atoms with Gasteiger partial charge in [-0.25, -0.2) is 0 Å². The van der Waals surface area contributed by atoms with Crippen LogP contribution >= 0.6 is 11.8 Å². The minimum Gasteiger partial charge on any atom is -0.456 e. The fraction of sp³-hybridized carbons (Fsp3) is 0.0444. The van der Waals surface area contributed by atoms with Crippen molar-refractivity contribution >= 4 is 111 Å². The molecule has 1 spiro atoms. The van der Waals surface area contributed by atoms with Crippen LogP contribution in [0.25, 0.3) is 98.8 Å². The Bertz CT molecular complexity index is 6100. The Hall–Kier alpha value is -11.8. The van der Waals surface area contributed by atoms with E-state index < -0.39 is 10.8 Å². The summed E-state index contributed by atoms with van der Waals surface area (Å²) >= 11 is 1.86. The average Bonchev–Trinajstić information content (AvgIpc) is 1.52. The van der Waals surface area contributed by atoms with E-state index in [1.54, 1.807) is 0 Å². The molecule has 1 atom stereocenters. The van der Waals surface area contributed by atoms with Crippen LogP contribution in [0.3, 0.4) is 0 Å². The van der Waals surface area contributed by atoms with Crippen LogP contribution in [0.15, 0.2) is 334 Å². The normalized spacial score (nSPS) is 14.7. The predicted octanol–water partition coefficient (Wildman–Crippen LogP) is 25.3. The lowest BCUT2D eigenvalue weighted by molar-refractivity contribution is 0.423. The number of hydrogen-bond donors (Lipinski definition) is 0. The molecule has 452 valence electrons. The molecule has 0 bridgehead atoms. The highest BCUT2D eigenvalue weighted by Crippen LogP contribution is 2.64. The van der Waals surface area contributed by atoms with Crippen LogP contribution in [0.2, 0.25) is 0 Å². The van der Waals surface area contributed by atoms with Crippen molar-refractivity contribution in [1.29, 1.82) is 0 Å². The van der Waals surface area contributed by atoms with E-state index >= 15 is 0 Å². The highest BCUT2D eigenvalue weighted by Gasteiger charge is 2.51. The summed E-state index contributed by atoms with van der Waals surface area (Å²) in [5.74, 6) is 1.78. The van der Waals surface area contributed by atoms with E-state index in [4.69, 9.17) is 13.6 Å². The molecule has 15 aromatic carbocycles. The summed E-state index contributed by atoms with van der Waals surface area (Å²) in [6.45, 7) is 4.68. The molecule has 0 saturated heterocycles. The monoisotopic (exact) mass is 1250 g/mol. The summed E-state index contributed by atoms with van der Waals surface area (Å²) in [6.07, 6.45) is 0. The van der Waals surface area contributed by atoms with Crippen molar-refractivity contribution in [2.24, 2.45) is 0 Å². The zero-order valence-electron chi connectivity index (χ0n) is 52.5. The third kappa shape index (κ3) is 8.06. The molecule has 0 N–H and O–H groups in total. The minimum atomic E-state index is -0.668. The summed E-state index contributed by atoms with van der Waals surface area (Å²) in [5, 5.41) is 8.96. The first-order valence-electron chi connectivity index (χ1n) is 32.9. The van der Waals surface area contributed by atoms with Gasteiger partial charge in [-0.3, -0.25) is 0 Å².